The fourth-order valence-corrected chi connectivity index (χ4v) is 2.57. The van der Waals surface area contributed by atoms with Crippen LogP contribution >= 0.6 is 0 Å². The summed E-state index contributed by atoms with van der Waals surface area (Å²) >= 11 is 0. The van der Waals surface area contributed by atoms with E-state index < -0.39 is 0 Å². The van der Waals surface area contributed by atoms with Crippen molar-refractivity contribution in [3.8, 4) is 0 Å². The smallest absolute Gasteiger partial charge is 0.174 e. The Labute approximate surface area is 113 Å². The third-order valence-corrected chi connectivity index (χ3v) is 3.87. The second-order valence-corrected chi connectivity index (χ2v) is 5.13. The van der Waals surface area contributed by atoms with Crippen LogP contribution in [0.15, 0.2) is 5.16 Å². The Morgan fingerprint density at radius 2 is 2.11 bits per heavy atom. The summed E-state index contributed by atoms with van der Waals surface area (Å²) in [7, 11) is 0. The molecule has 3 N–H and O–H groups in total. The van der Waals surface area contributed by atoms with Crippen molar-refractivity contribution in [1.29, 1.82) is 0 Å². The van der Waals surface area contributed by atoms with E-state index in [2.05, 4.69) is 27.2 Å². The highest BCUT2D eigenvalue weighted by molar-refractivity contribution is 6.02. The van der Waals surface area contributed by atoms with Crippen LogP contribution < -0.4 is 10.6 Å². The highest BCUT2D eigenvalue weighted by Crippen LogP contribution is 2.27. The van der Waals surface area contributed by atoms with E-state index in [1.807, 2.05) is 13.8 Å². The fraction of sp³-hybridized carbons (Fsp3) is 0.615. The predicted octanol–water partition coefficient (Wildman–Crippen LogP) is 1.57. The third kappa shape index (κ3) is 2.47. The molecule has 1 aliphatic rings. The van der Waals surface area contributed by atoms with Crippen molar-refractivity contribution in [2.75, 3.05) is 11.4 Å². The van der Waals surface area contributed by atoms with Crippen LogP contribution in [0.3, 0.4) is 0 Å². The van der Waals surface area contributed by atoms with Crippen LogP contribution in [0.4, 0.5) is 5.82 Å². The van der Waals surface area contributed by atoms with Gasteiger partial charge in [0, 0.05) is 12.6 Å². The van der Waals surface area contributed by atoms with Crippen LogP contribution in [-0.4, -0.2) is 33.8 Å². The molecule has 0 aliphatic carbocycles. The van der Waals surface area contributed by atoms with Crippen molar-refractivity contribution in [2.45, 2.75) is 46.1 Å². The van der Waals surface area contributed by atoms with Gasteiger partial charge in [-0.1, -0.05) is 5.16 Å². The van der Waals surface area contributed by atoms with Gasteiger partial charge >= 0.3 is 0 Å². The van der Waals surface area contributed by atoms with E-state index in [9.17, 15) is 0 Å². The summed E-state index contributed by atoms with van der Waals surface area (Å²) in [6.45, 7) is 6.91. The minimum atomic E-state index is 0.100. The monoisotopic (exact) mass is 263 g/mol. The zero-order valence-corrected chi connectivity index (χ0v) is 11.7. The summed E-state index contributed by atoms with van der Waals surface area (Å²) in [5.74, 6) is 0.828. The maximum atomic E-state index is 8.99. The molecule has 0 spiro atoms. The maximum absolute atomic E-state index is 8.99. The van der Waals surface area contributed by atoms with Gasteiger partial charge in [-0.15, -0.1) is 5.10 Å². The van der Waals surface area contributed by atoms with E-state index in [-0.39, 0.29) is 5.84 Å². The molecule has 1 unspecified atom stereocenters. The van der Waals surface area contributed by atoms with Gasteiger partial charge in [0.1, 0.15) is 0 Å². The van der Waals surface area contributed by atoms with Gasteiger partial charge in [-0.3, -0.25) is 0 Å². The third-order valence-electron chi connectivity index (χ3n) is 3.87. The molecule has 6 heteroatoms. The zero-order valence-electron chi connectivity index (χ0n) is 11.7. The molecule has 1 saturated heterocycles. The van der Waals surface area contributed by atoms with Gasteiger partial charge in [0.05, 0.1) is 11.3 Å². The van der Waals surface area contributed by atoms with Gasteiger partial charge in [0.25, 0.3) is 0 Å². The normalized spacial score (nSPS) is 20.7. The predicted molar refractivity (Wildman–Crippen MR) is 74.7 cm³/mol. The largest absolute Gasteiger partial charge is 0.409 e. The average molecular weight is 263 g/mol. The van der Waals surface area contributed by atoms with Gasteiger partial charge < -0.3 is 15.8 Å². The van der Waals surface area contributed by atoms with E-state index >= 15 is 0 Å². The number of nitrogens with zero attached hydrogens (tertiary/aromatic N) is 4. The summed E-state index contributed by atoms with van der Waals surface area (Å²) in [6.07, 6.45) is 3.49. The molecule has 2 heterocycles. The number of aromatic nitrogens is 2. The lowest BCUT2D eigenvalue weighted by atomic mass is 10.0. The van der Waals surface area contributed by atoms with Gasteiger partial charge in [-0.25, -0.2) is 0 Å². The Balaban J connectivity index is 2.53. The minimum Gasteiger partial charge on any atom is -0.409 e. The van der Waals surface area contributed by atoms with Gasteiger partial charge in [0.2, 0.25) is 0 Å². The average Bonchev–Trinajstić information content (AvgIpc) is 2.42. The SMILES string of the molecule is Cc1nnc(N2CCCCC2C)c(/C(N)=N/O)c1C. The quantitative estimate of drug-likeness (QED) is 0.366. The molecule has 104 valence electrons. The maximum Gasteiger partial charge on any atom is 0.174 e. The van der Waals surface area contributed by atoms with Crippen molar-refractivity contribution < 1.29 is 5.21 Å². The van der Waals surface area contributed by atoms with Gasteiger partial charge in [-0.05, 0) is 45.6 Å². The molecule has 0 aromatic carbocycles. The highest BCUT2D eigenvalue weighted by atomic mass is 16.4. The van der Waals surface area contributed by atoms with Crippen molar-refractivity contribution in [3.05, 3.63) is 16.8 Å². The molecule has 0 amide bonds. The fourth-order valence-electron chi connectivity index (χ4n) is 2.57. The van der Waals surface area contributed by atoms with E-state index in [0.29, 0.717) is 11.6 Å². The highest BCUT2D eigenvalue weighted by Gasteiger charge is 2.25. The van der Waals surface area contributed by atoms with E-state index in [4.69, 9.17) is 10.9 Å². The molecule has 1 aliphatic heterocycles. The molecule has 1 aromatic rings. The molecule has 0 bridgehead atoms. The van der Waals surface area contributed by atoms with E-state index in [1.54, 1.807) is 0 Å². The number of piperidine rings is 1. The van der Waals surface area contributed by atoms with Gasteiger partial charge in [-0.2, -0.15) is 5.10 Å². The first-order valence-corrected chi connectivity index (χ1v) is 6.64. The van der Waals surface area contributed by atoms with Crippen LogP contribution in [0.2, 0.25) is 0 Å². The van der Waals surface area contributed by atoms with Crippen molar-refractivity contribution in [1.82, 2.24) is 10.2 Å². The summed E-state index contributed by atoms with van der Waals surface area (Å²) < 4.78 is 0. The number of hydrogen-bond acceptors (Lipinski definition) is 5. The van der Waals surface area contributed by atoms with Crippen LogP contribution in [0.1, 0.15) is 43.0 Å². The minimum absolute atomic E-state index is 0.100. The molecule has 2 rings (SSSR count). The molecule has 1 atom stereocenters. The lowest BCUT2D eigenvalue weighted by Crippen LogP contribution is -2.40. The lowest BCUT2D eigenvalue weighted by molar-refractivity contribution is 0.318. The Kier molecular flexibility index (Phi) is 3.87. The lowest BCUT2D eigenvalue weighted by Gasteiger charge is -2.35. The number of aryl methyl sites for hydroxylation is 1. The first kappa shape index (κ1) is 13.6. The molecule has 0 saturated carbocycles. The van der Waals surface area contributed by atoms with Crippen molar-refractivity contribution in [2.24, 2.45) is 10.9 Å². The molecular formula is C13H21N5O. The topological polar surface area (TPSA) is 87.6 Å². The summed E-state index contributed by atoms with van der Waals surface area (Å²) in [5.41, 5.74) is 8.24. The van der Waals surface area contributed by atoms with Gasteiger partial charge in [0.15, 0.2) is 11.7 Å². The molecular weight excluding hydrogens is 242 g/mol. The molecule has 6 nitrogen and oxygen atoms in total. The standard InChI is InChI=1S/C13H21N5O/c1-8-6-4-5-7-18(8)13-11(12(14)17-19)9(2)10(3)15-16-13/h8,19H,4-7H2,1-3H3,(H2,14,17). The number of nitrogens with two attached hydrogens (primary N) is 1. The Hall–Kier alpha value is -1.85. The summed E-state index contributed by atoms with van der Waals surface area (Å²) in [6, 6.07) is 0.399. The number of hydrogen-bond donors (Lipinski definition) is 2. The van der Waals surface area contributed by atoms with E-state index in [0.717, 1.165) is 36.5 Å². The number of amidine groups is 1. The summed E-state index contributed by atoms with van der Waals surface area (Å²) in [5, 5.41) is 20.6. The van der Waals surface area contributed by atoms with Crippen molar-refractivity contribution in [3.63, 3.8) is 0 Å². The first-order chi connectivity index (χ1) is 9.06. The Bertz CT molecular complexity index is 500. The first-order valence-electron chi connectivity index (χ1n) is 6.64. The van der Waals surface area contributed by atoms with Crippen LogP contribution in [0, 0.1) is 13.8 Å². The molecule has 1 aromatic heterocycles. The molecule has 1 fully saturated rings. The second kappa shape index (κ2) is 5.42. The second-order valence-electron chi connectivity index (χ2n) is 5.13. The van der Waals surface area contributed by atoms with Crippen LogP contribution in [-0.2, 0) is 0 Å². The molecule has 0 radical (unpaired) electrons. The Morgan fingerprint density at radius 3 is 2.74 bits per heavy atom. The number of rotatable bonds is 2. The summed E-state index contributed by atoms with van der Waals surface area (Å²) in [4.78, 5) is 2.20. The number of oxime groups is 1. The van der Waals surface area contributed by atoms with Crippen LogP contribution in [0.5, 0.6) is 0 Å². The number of anilines is 1. The molecule has 19 heavy (non-hydrogen) atoms. The Morgan fingerprint density at radius 1 is 1.37 bits per heavy atom. The zero-order chi connectivity index (χ0) is 14.0. The van der Waals surface area contributed by atoms with E-state index in [1.165, 1.54) is 6.42 Å². The van der Waals surface area contributed by atoms with Crippen LogP contribution in [0.25, 0.3) is 0 Å². The van der Waals surface area contributed by atoms with Crippen molar-refractivity contribution >= 4 is 11.7 Å².